The Morgan fingerprint density at radius 2 is 2.13 bits per heavy atom. The van der Waals surface area contributed by atoms with E-state index in [0.717, 1.165) is 6.42 Å². The summed E-state index contributed by atoms with van der Waals surface area (Å²) in [4.78, 5) is 11.9. The number of benzene rings is 1. The average molecular weight is 382 g/mol. The molecule has 0 aromatic heterocycles. The molecule has 5 nitrogen and oxygen atoms in total. The topological polar surface area (TPSA) is 68.5 Å². The first-order valence-corrected chi connectivity index (χ1v) is 8.05. The Morgan fingerprint density at radius 1 is 1.43 bits per heavy atom. The normalized spacial score (nSPS) is 11.1. The molecule has 0 amide bonds. The number of nitriles is 1. The van der Waals surface area contributed by atoms with Crippen LogP contribution in [-0.2, 0) is 9.53 Å². The van der Waals surface area contributed by atoms with Crippen LogP contribution < -0.4 is 9.47 Å². The number of carbonyl (C=O) groups excluding carboxylic acids is 1. The fraction of sp³-hybridized carbons (Fsp3) is 0.412. The Hall–Kier alpha value is -2.00. The van der Waals surface area contributed by atoms with Crippen LogP contribution in [0.15, 0.2) is 22.2 Å². The summed E-state index contributed by atoms with van der Waals surface area (Å²) in [6, 6.07) is 5.32. The van der Waals surface area contributed by atoms with Crippen molar-refractivity contribution in [2.24, 2.45) is 0 Å². The van der Waals surface area contributed by atoms with Gasteiger partial charge in [-0.1, -0.05) is 6.92 Å². The molecule has 6 heteroatoms. The highest BCUT2D eigenvalue weighted by atomic mass is 79.9. The number of esters is 1. The molecule has 0 heterocycles. The van der Waals surface area contributed by atoms with E-state index in [-0.39, 0.29) is 11.7 Å². The Morgan fingerprint density at radius 3 is 2.65 bits per heavy atom. The molecule has 0 atom stereocenters. The Balaban J connectivity index is 3.17. The summed E-state index contributed by atoms with van der Waals surface area (Å²) in [6.45, 7) is 6.03. The van der Waals surface area contributed by atoms with Crippen molar-refractivity contribution in [1.29, 1.82) is 5.26 Å². The molecule has 23 heavy (non-hydrogen) atoms. The highest BCUT2D eigenvalue weighted by Crippen LogP contribution is 2.37. The van der Waals surface area contributed by atoms with Crippen LogP contribution in [0.25, 0.3) is 6.08 Å². The zero-order chi connectivity index (χ0) is 17.4. The molecule has 0 aliphatic heterocycles. The molecular formula is C17H20BrNO4. The number of hydrogen-bond acceptors (Lipinski definition) is 5. The number of hydrogen-bond donors (Lipinski definition) is 0. The lowest BCUT2D eigenvalue weighted by molar-refractivity contribution is -0.142. The van der Waals surface area contributed by atoms with Gasteiger partial charge in [0.2, 0.25) is 0 Å². The maximum atomic E-state index is 11.9. The summed E-state index contributed by atoms with van der Waals surface area (Å²) in [5.74, 6) is 0.465. The Kier molecular flexibility index (Phi) is 7.63. The molecule has 0 radical (unpaired) electrons. The van der Waals surface area contributed by atoms with E-state index in [1.807, 2.05) is 13.0 Å². The van der Waals surface area contributed by atoms with Crippen LogP contribution in [0.1, 0.15) is 32.8 Å². The van der Waals surface area contributed by atoms with Gasteiger partial charge in [0.05, 0.1) is 24.3 Å². The summed E-state index contributed by atoms with van der Waals surface area (Å²) in [7, 11) is 1.53. The molecule has 1 rings (SSSR count). The minimum absolute atomic E-state index is 0.0742. The van der Waals surface area contributed by atoms with E-state index in [0.29, 0.717) is 28.1 Å². The van der Waals surface area contributed by atoms with Gasteiger partial charge in [-0.15, -0.1) is 0 Å². The molecule has 0 N–H and O–H groups in total. The van der Waals surface area contributed by atoms with Crippen LogP contribution in [0.4, 0.5) is 0 Å². The summed E-state index contributed by atoms with van der Waals surface area (Å²) in [5, 5.41) is 9.15. The van der Waals surface area contributed by atoms with Gasteiger partial charge in [0, 0.05) is 0 Å². The van der Waals surface area contributed by atoms with E-state index < -0.39 is 5.97 Å². The third-order valence-corrected chi connectivity index (χ3v) is 3.29. The predicted molar refractivity (Wildman–Crippen MR) is 91.3 cm³/mol. The first kappa shape index (κ1) is 19.0. The molecule has 0 unspecified atom stereocenters. The second-order valence-corrected chi connectivity index (χ2v) is 5.86. The quantitative estimate of drug-likeness (QED) is 0.403. The molecule has 0 saturated heterocycles. The summed E-state index contributed by atoms with van der Waals surface area (Å²) >= 11 is 3.42. The van der Waals surface area contributed by atoms with E-state index >= 15 is 0 Å². The molecule has 0 aliphatic carbocycles. The first-order chi connectivity index (χ1) is 10.9. The monoisotopic (exact) mass is 381 g/mol. The van der Waals surface area contributed by atoms with Gasteiger partial charge in [0.1, 0.15) is 11.6 Å². The summed E-state index contributed by atoms with van der Waals surface area (Å²) < 4.78 is 16.7. The summed E-state index contributed by atoms with van der Waals surface area (Å²) in [6.07, 6.45) is 2.05. The van der Waals surface area contributed by atoms with Crippen LogP contribution in [0.2, 0.25) is 0 Å². The van der Waals surface area contributed by atoms with Gasteiger partial charge in [-0.2, -0.15) is 5.26 Å². The smallest absolute Gasteiger partial charge is 0.349 e. The van der Waals surface area contributed by atoms with Crippen LogP contribution in [-0.4, -0.2) is 25.8 Å². The Bertz CT molecular complexity index is 632. The molecule has 0 bridgehead atoms. The van der Waals surface area contributed by atoms with Crippen molar-refractivity contribution in [1.82, 2.24) is 0 Å². The number of halogens is 1. The second-order valence-electron chi connectivity index (χ2n) is 5.01. The van der Waals surface area contributed by atoms with Crippen LogP contribution >= 0.6 is 15.9 Å². The van der Waals surface area contributed by atoms with Gasteiger partial charge in [-0.3, -0.25) is 0 Å². The maximum Gasteiger partial charge on any atom is 0.349 e. The lowest BCUT2D eigenvalue weighted by Crippen LogP contribution is -2.12. The van der Waals surface area contributed by atoms with Gasteiger partial charge >= 0.3 is 5.97 Å². The molecule has 0 saturated carbocycles. The Labute approximate surface area is 145 Å². The highest BCUT2D eigenvalue weighted by molar-refractivity contribution is 9.10. The molecule has 124 valence electrons. The van der Waals surface area contributed by atoms with Crippen LogP contribution in [0.5, 0.6) is 11.5 Å². The predicted octanol–water partition coefficient (Wildman–Crippen LogP) is 4.11. The van der Waals surface area contributed by atoms with Crippen molar-refractivity contribution >= 4 is 28.0 Å². The lowest BCUT2D eigenvalue weighted by Gasteiger charge is -2.13. The molecule has 1 aromatic rings. The van der Waals surface area contributed by atoms with Crippen molar-refractivity contribution in [3.05, 3.63) is 27.7 Å². The number of rotatable bonds is 7. The van der Waals surface area contributed by atoms with Crippen molar-refractivity contribution in [2.45, 2.75) is 33.3 Å². The van der Waals surface area contributed by atoms with Crippen LogP contribution in [0, 0.1) is 11.3 Å². The van der Waals surface area contributed by atoms with E-state index in [2.05, 4.69) is 15.9 Å². The largest absolute Gasteiger partial charge is 0.493 e. The number of ether oxygens (including phenoxy) is 3. The van der Waals surface area contributed by atoms with E-state index in [4.69, 9.17) is 19.5 Å². The van der Waals surface area contributed by atoms with Crippen molar-refractivity contribution < 1.29 is 19.0 Å². The van der Waals surface area contributed by atoms with Crippen molar-refractivity contribution in [3.63, 3.8) is 0 Å². The van der Waals surface area contributed by atoms with Crippen LogP contribution in [0.3, 0.4) is 0 Å². The lowest BCUT2D eigenvalue weighted by atomic mass is 10.1. The van der Waals surface area contributed by atoms with Gasteiger partial charge in [0.25, 0.3) is 0 Å². The highest BCUT2D eigenvalue weighted by Gasteiger charge is 2.15. The molecule has 1 aromatic carbocycles. The second kappa shape index (κ2) is 9.21. The van der Waals surface area contributed by atoms with Gasteiger partial charge in [-0.05, 0) is 60.0 Å². The van der Waals surface area contributed by atoms with Gasteiger partial charge in [0.15, 0.2) is 11.5 Å². The number of nitrogens with zero attached hydrogens (tertiary/aromatic N) is 1. The number of carbonyl (C=O) groups is 1. The van der Waals surface area contributed by atoms with Gasteiger partial charge < -0.3 is 14.2 Å². The van der Waals surface area contributed by atoms with E-state index in [1.165, 1.54) is 13.2 Å². The van der Waals surface area contributed by atoms with Gasteiger partial charge in [-0.25, -0.2) is 4.79 Å². The first-order valence-electron chi connectivity index (χ1n) is 7.26. The third kappa shape index (κ3) is 5.61. The fourth-order valence-electron chi connectivity index (χ4n) is 1.75. The number of methoxy groups -OCH3 is 1. The maximum absolute atomic E-state index is 11.9. The average Bonchev–Trinajstić information content (AvgIpc) is 2.50. The summed E-state index contributed by atoms with van der Waals surface area (Å²) in [5.41, 5.74) is 0.560. The molecule has 0 fully saturated rings. The van der Waals surface area contributed by atoms with E-state index in [9.17, 15) is 4.79 Å². The molecule has 0 spiro atoms. The van der Waals surface area contributed by atoms with E-state index in [1.54, 1.807) is 26.0 Å². The van der Waals surface area contributed by atoms with Crippen molar-refractivity contribution in [3.8, 4) is 17.6 Å². The zero-order valence-electron chi connectivity index (χ0n) is 13.7. The minimum atomic E-state index is -0.649. The standard InChI is InChI=1S/C17H20BrNO4/c1-5-6-22-16-14(18)8-12(9-15(16)21-4)7-13(10-19)17(20)23-11(2)3/h7-9,11H,5-6H2,1-4H3/b13-7+. The minimum Gasteiger partial charge on any atom is -0.493 e. The third-order valence-electron chi connectivity index (χ3n) is 2.70. The fourth-order valence-corrected chi connectivity index (χ4v) is 2.32. The molecule has 0 aliphatic rings. The van der Waals surface area contributed by atoms with Crippen molar-refractivity contribution in [2.75, 3.05) is 13.7 Å². The SMILES string of the molecule is CCCOc1c(Br)cc(/C=C(\C#N)C(=O)OC(C)C)cc1OC. The molecular weight excluding hydrogens is 362 g/mol. The zero-order valence-corrected chi connectivity index (χ0v) is 15.3.